The SMILES string of the molecule is CC(O)CN1CCN(CC(=O)[O-])CCN(CC(=O)O)CCN(CC(=O)[O-])CC1.CC(O)CN1CCN(CC(=O)[O-])CCN(CC(=O)O)CCN(CC(=O)[O-])CC1.C[N-]CC(=O)CN(CCN(CCN(CC(C)=O)CC(=O)[O-])CC(=O)O)CC(=O)[O-].C[N-]CC(=O)CN(CCN(CCN(CC(C)=O)CC(=O)[O-])CC(=O)O)CC(=O)[O-].C[NH-].C[NH-].[CH2-]C1CCCCC1[NH-].[CH2-]C1CCCCC1[NH-].[CH3-].[CH3-].[CH3-].[CH3-].[Gd+3].[Gd+3].[Gd+3].[Gd+3].[NH2-].[NH2-].[NH2-].[NH2-].[Pt].[Pt].[Pt].[Pt]. The molecule has 0 aromatic rings. The maximum Gasteiger partial charge on any atom is 3.00 e. The number of Topliss-reactive ketones (excluding diaryl/α,β-unsaturated/α-hetero) is 4. The smallest absolute Gasteiger partial charge is 0.693 e. The van der Waals surface area contributed by atoms with Crippen molar-refractivity contribution in [3.8, 4) is 0 Å². The Morgan fingerprint density at radius 3 is 0.633 bits per heavy atom. The van der Waals surface area contributed by atoms with Crippen LogP contribution >= 0.6 is 0 Å². The summed E-state index contributed by atoms with van der Waals surface area (Å²) in [6.45, 7) is 16.5. The van der Waals surface area contributed by atoms with Crippen LogP contribution in [0.15, 0.2) is 0 Å². The number of aliphatic hydroxyl groups excluding tert-OH is 2. The van der Waals surface area contributed by atoms with Crippen molar-refractivity contribution >= 4 is 94.8 Å². The second-order valence-electron chi connectivity index (χ2n) is 32.6. The van der Waals surface area contributed by atoms with Crippen LogP contribution in [0.25, 0.3) is 58.2 Å². The van der Waals surface area contributed by atoms with Crippen LogP contribution in [-0.4, -0.2) is 534 Å². The molecule has 4 rings (SSSR count). The zero-order valence-corrected chi connectivity index (χ0v) is 106. The van der Waals surface area contributed by atoms with E-state index in [0.717, 1.165) is 12.8 Å². The van der Waals surface area contributed by atoms with E-state index >= 15 is 0 Å². The van der Waals surface area contributed by atoms with Gasteiger partial charge in [0, 0.05) is 307 Å². The van der Waals surface area contributed by atoms with E-state index in [4.69, 9.17) is 43.4 Å². The molecule has 0 aromatic carbocycles. The van der Waals surface area contributed by atoms with E-state index in [2.05, 4.69) is 24.5 Å². The van der Waals surface area contributed by atoms with Gasteiger partial charge in [-0.2, -0.15) is 52.1 Å². The number of β-amino-alcohol motifs (C(OH)–C–C–N with tert-alkyl or cyclic N) is 2. The summed E-state index contributed by atoms with van der Waals surface area (Å²) in [7, 11) is 5.41. The molecule has 4 fully saturated rings. The zero-order chi connectivity index (χ0) is 103. The van der Waals surface area contributed by atoms with Gasteiger partial charge in [0.1, 0.15) is 23.1 Å². The van der Waals surface area contributed by atoms with Gasteiger partial charge in [-0.05, 0) is 27.7 Å². The van der Waals surface area contributed by atoms with Crippen LogP contribution in [0, 0.1) is 215 Å². The molecule has 6 atom stereocenters. The van der Waals surface area contributed by atoms with Gasteiger partial charge in [0.05, 0.1) is 112 Å². The standard InChI is InChI=1S/2C17H29N4O8.2C17H32N4O7.2C7H13N.2CH4N.4CH3.4Gd.4H2N.4Pt/c2*1-13(22)8-20(11-16(26)27)5-3-19(10-15(24)25)4-6-21(12-17(28)29)9-14(23)7-18-2;2*1-14(22)10-18-2-4-19(11-15(23)24)6-8-21(13-17(27)28)9-7-20(5-3-18)12-16(25)26;2*1-6-4-2-3-5-7(6)8;2*1-2;;;;;;;;;;;;;;;;/h2*3-12H2,1-2H3,(H,24,25)(H,26,27)(H,28,29);2*14,22H,2-13H2,1H3,(H,23,24)(H,25,26)(H,27,28);2*6-8H,1-5H2;2*2H,1H3;4*1H3;;;;;4*1H2;;;;/q2*-1;;;2*-2;6*-1;4*+3;4*-1;;;;/p-8. The van der Waals surface area contributed by atoms with Crippen molar-refractivity contribution in [2.24, 2.45) is 11.8 Å². The van der Waals surface area contributed by atoms with E-state index in [-0.39, 0.29) is 478 Å². The third-order valence-electron chi connectivity index (χ3n) is 20.3. The molecule has 2 aliphatic heterocycles. The van der Waals surface area contributed by atoms with Crippen LogP contribution in [0.3, 0.4) is 0 Å². The number of carbonyl (C=O) groups excluding carboxylic acids is 12. The first-order valence-electron chi connectivity index (χ1n) is 44.1. The first-order valence-corrected chi connectivity index (χ1v) is 44.1. The number of nitrogens with two attached hydrogens (primary N) is 4. The second-order valence-corrected chi connectivity index (χ2v) is 32.6. The summed E-state index contributed by atoms with van der Waals surface area (Å²) in [6, 6.07) is 0.285. The molecule has 4 aliphatic rings. The molecule has 0 bridgehead atoms. The number of ketones is 4. The fourth-order valence-electron chi connectivity index (χ4n) is 14.0. The Morgan fingerprint density at radius 1 is 0.307 bits per heavy atom. The van der Waals surface area contributed by atoms with Crippen molar-refractivity contribution in [1.29, 1.82) is 0 Å². The van der Waals surface area contributed by atoms with Gasteiger partial charge in [-0.25, -0.2) is 0 Å². The van der Waals surface area contributed by atoms with Crippen molar-refractivity contribution in [2.75, 3.05) is 316 Å². The van der Waals surface area contributed by atoms with E-state index in [1.807, 2.05) is 9.80 Å². The number of nitrogens with zero attached hydrogens (tertiary/aromatic N) is 16. The van der Waals surface area contributed by atoms with Gasteiger partial charge < -0.3 is 221 Å². The third-order valence-corrected chi connectivity index (χ3v) is 20.3. The molecule has 2 aliphatic carbocycles. The van der Waals surface area contributed by atoms with Gasteiger partial charge in [0.15, 0.2) is 0 Å². The Hall–Kier alpha value is -0.668. The monoisotopic (exact) mass is 3450 g/mol. The van der Waals surface area contributed by atoms with Gasteiger partial charge in [0.25, 0.3) is 0 Å². The number of aliphatic hydroxyl groups is 2. The number of carboxylic acids is 12. The van der Waals surface area contributed by atoms with Crippen LogP contribution in [-0.2, 0) is 161 Å². The minimum absolute atomic E-state index is 0. The van der Waals surface area contributed by atoms with Crippen molar-refractivity contribution in [3.63, 3.8) is 0 Å². The summed E-state index contributed by atoms with van der Waals surface area (Å²) in [5.41, 5.74) is 26.3. The van der Waals surface area contributed by atoms with E-state index in [1.165, 1.54) is 110 Å². The van der Waals surface area contributed by atoms with Gasteiger partial charge in [-0.15, -0.1) is 0 Å². The molecule has 904 valence electrons. The van der Waals surface area contributed by atoms with E-state index in [0.29, 0.717) is 130 Å². The molecule has 150 heavy (non-hydrogen) atoms. The van der Waals surface area contributed by atoms with Crippen LogP contribution in [0.1, 0.15) is 79.1 Å². The van der Waals surface area contributed by atoms with E-state index in [9.17, 15) is 128 Å². The molecule has 18 N–H and O–H groups in total. The molecular formula is C88H168Gd4N24O30Pt4-12. The summed E-state index contributed by atoms with van der Waals surface area (Å²) in [5.74, 6) is -14.8. The van der Waals surface area contributed by atoms with Gasteiger partial charge in [-0.3, -0.25) is 97.4 Å². The molecule has 54 nitrogen and oxygen atoms in total. The van der Waals surface area contributed by atoms with Gasteiger partial charge in [-0.1, -0.05) is 64.5 Å². The number of rotatable bonds is 52. The molecule has 0 amide bonds. The Kier molecular flexibility index (Phi) is 162. The first-order chi connectivity index (χ1) is 63.0. The van der Waals surface area contributed by atoms with Crippen molar-refractivity contribution < 1.29 is 392 Å². The van der Waals surface area contributed by atoms with Crippen LogP contribution in [0.2, 0.25) is 0 Å². The fourth-order valence-corrected chi connectivity index (χ4v) is 14.0. The number of nitrogens with one attached hydrogen (secondary N) is 4. The molecule has 4 radical (unpaired) electrons. The number of likely N-dealkylation sites (N-methyl/N-ethyl adjacent to an activating group) is 2. The molecule has 2 saturated heterocycles. The predicted molar refractivity (Wildman–Crippen MR) is 522 cm³/mol. The minimum Gasteiger partial charge on any atom is -0.693 e. The van der Waals surface area contributed by atoms with Crippen molar-refractivity contribution in [3.05, 3.63) is 102 Å². The summed E-state index contributed by atoms with van der Waals surface area (Å²) in [5, 5.41) is 151. The third kappa shape index (κ3) is 124. The molecule has 2 heterocycles. The number of hydrogen-bond donors (Lipinski definition) is 6. The van der Waals surface area contributed by atoms with Crippen LogP contribution in [0.5, 0.6) is 0 Å². The quantitative estimate of drug-likeness (QED) is 0.0308. The van der Waals surface area contributed by atoms with E-state index < -0.39 is 110 Å². The second kappa shape index (κ2) is 124. The van der Waals surface area contributed by atoms with E-state index in [1.54, 1.807) is 43.2 Å². The molecule has 6 unspecified atom stereocenters. The number of carbonyl (C=O) groups is 16. The molecule has 0 aromatic heterocycles. The van der Waals surface area contributed by atoms with Crippen molar-refractivity contribution in [2.45, 2.75) is 103 Å². The first kappa shape index (κ1) is 196. The summed E-state index contributed by atoms with van der Waals surface area (Å²) < 4.78 is 0. The van der Waals surface area contributed by atoms with Gasteiger partial charge in [0.2, 0.25) is 0 Å². The summed E-state index contributed by atoms with van der Waals surface area (Å²) in [6.07, 6.45) is 8.43. The summed E-state index contributed by atoms with van der Waals surface area (Å²) >= 11 is 0. The minimum atomic E-state index is -1.38. The number of carboxylic acid groups (broad SMARTS) is 12. The molecule has 0 spiro atoms. The Labute approximate surface area is 1080 Å². The average molecular weight is 3450 g/mol. The van der Waals surface area contributed by atoms with Crippen molar-refractivity contribution in [1.82, 2.24) is 68.6 Å². The van der Waals surface area contributed by atoms with Gasteiger partial charge >= 0.3 is 184 Å². The molecular weight excluding hydrogens is 3280 g/mol. The number of hydrogen-bond acceptors (Lipinski definition) is 40. The molecule has 2 saturated carbocycles. The predicted octanol–water partition coefficient (Wildman–Crippen LogP) is -7.52. The number of aliphatic carboxylic acids is 12. The normalized spacial score (nSPS) is 16.4. The van der Waals surface area contributed by atoms with Crippen LogP contribution < -0.4 is 40.9 Å². The topological polar surface area (TPSA) is 882 Å². The maximum absolute atomic E-state index is 11.7. The fraction of sp³-hybridized carbons (Fsp3) is 0.750. The van der Waals surface area contributed by atoms with Crippen LogP contribution in [0.4, 0.5) is 0 Å². The Balaban J connectivity index is -0.0000000757. The average Bonchev–Trinajstić information content (AvgIpc) is 0.901. The largest absolute Gasteiger partial charge is 3.00 e. The summed E-state index contributed by atoms with van der Waals surface area (Å²) in [4.78, 5) is 200. The Bertz CT molecular complexity index is 3090. The Morgan fingerprint density at radius 2 is 0.487 bits per heavy atom. The molecule has 62 heteroatoms. The maximum atomic E-state index is 11.7. The zero-order valence-electron chi connectivity index (χ0n) is 88.3.